The average Bonchev–Trinajstić information content (AvgIpc) is 3.99. The van der Waals surface area contributed by atoms with Crippen molar-refractivity contribution >= 4 is 11.3 Å². The smallest absolute Gasteiger partial charge is 0.150 e. The number of aromatic nitrogens is 3. The Kier molecular flexibility index (Phi) is 23.0. The molecule has 3 aromatic heterocycles. The van der Waals surface area contributed by atoms with Crippen molar-refractivity contribution in [2.24, 2.45) is 0 Å². The molecule has 0 amide bonds. The van der Waals surface area contributed by atoms with Gasteiger partial charge in [0, 0.05) is 62.0 Å². The van der Waals surface area contributed by atoms with Gasteiger partial charge >= 0.3 is 0 Å². The van der Waals surface area contributed by atoms with Crippen LogP contribution in [-0.2, 0) is 22.6 Å². The summed E-state index contributed by atoms with van der Waals surface area (Å²) >= 11 is 1.78. The lowest BCUT2D eigenvalue weighted by atomic mass is 10.0. The molecule has 3 saturated heterocycles. The molecule has 0 aliphatic carbocycles. The molecule has 3 fully saturated rings. The number of hydrogen-bond acceptors (Lipinski definition) is 11. The lowest BCUT2D eigenvalue weighted by molar-refractivity contribution is 0.0305. The van der Waals surface area contributed by atoms with Gasteiger partial charge in [-0.15, -0.1) is 11.3 Å². The molecule has 7 rings (SSSR count). The molecule has 6 heterocycles. The van der Waals surface area contributed by atoms with Gasteiger partial charge in [0.1, 0.15) is 5.76 Å². The molecule has 11 heteroatoms. The van der Waals surface area contributed by atoms with Crippen LogP contribution in [-0.4, -0.2) is 102 Å². The fraction of sp³-hybridized carbons (Fsp3) is 0.681. The Morgan fingerprint density at radius 2 is 1.14 bits per heavy atom. The number of ether oxygens (including phenoxy) is 2. The Morgan fingerprint density at radius 1 is 0.603 bits per heavy atom. The zero-order valence-electron chi connectivity index (χ0n) is 38.3. The molecule has 0 unspecified atom stereocenters. The summed E-state index contributed by atoms with van der Waals surface area (Å²) in [7, 11) is 0. The Bertz CT molecular complexity index is 1570. The Morgan fingerprint density at radius 3 is 1.52 bits per heavy atom. The molecular formula is C47H78N6O4S. The number of hydrogen-bond donors (Lipinski definition) is 0. The van der Waals surface area contributed by atoms with E-state index in [1.54, 1.807) is 11.3 Å². The summed E-state index contributed by atoms with van der Waals surface area (Å²) in [6.07, 6.45) is 6.24. The van der Waals surface area contributed by atoms with Crippen molar-refractivity contribution in [3.63, 3.8) is 0 Å². The fourth-order valence-corrected chi connectivity index (χ4v) is 7.21. The van der Waals surface area contributed by atoms with E-state index in [2.05, 4.69) is 130 Å². The minimum atomic E-state index is 0.437. The molecule has 0 atom stereocenters. The third kappa shape index (κ3) is 19.4. The van der Waals surface area contributed by atoms with Gasteiger partial charge in [-0.2, -0.15) is 0 Å². The maximum atomic E-state index is 5.35. The largest absolute Gasteiger partial charge is 0.379 e. The van der Waals surface area contributed by atoms with Crippen molar-refractivity contribution in [2.75, 3.05) is 65.7 Å². The first-order chi connectivity index (χ1) is 27.7. The van der Waals surface area contributed by atoms with E-state index in [0.717, 1.165) is 94.6 Å². The van der Waals surface area contributed by atoms with E-state index < -0.39 is 0 Å². The zero-order chi connectivity index (χ0) is 42.5. The van der Waals surface area contributed by atoms with Gasteiger partial charge < -0.3 is 23.4 Å². The van der Waals surface area contributed by atoms with Crippen LogP contribution in [0.15, 0.2) is 51.6 Å². The highest BCUT2D eigenvalue weighted by atomic mass is 32.1. The lowest BCUT2D eigenvalue weighted by Gasteiger charge is -2.29. The van der Waals surface area contributed by atoms with Crippen LogP contribution < -0.4 is 0 Å². The third-order valence-corrected chi connectivity index (χ3v) is 11.6. The summed E-state index contributed by atoms with van der Waals surface area (Å²) in [5, 5.41) is 9.05. The van der Waals surface area contributed by atoms with Gasteiger partial charge in [0.25, 0.3) is 0 Å². The SMILES string of the molecule is CC(C)N1CCCCC1.CC(C)c1cc(CN2CCOCC2)on1.CC(C)c1ccc(CN2CCOCC2)cc1.Cc1cc(C(C)C)no1.Cc1ncc(C(C)C)s1. The molecule has 4 aromatic rings. The highest BCUT2D eigenvalue weighted by molar-refractivity contribution is 7.11. The molecule has 3 aliphatic heterocycles. The van der Waals surface area contributed by atoms with Crippen molar-refractivity contribution in [3.8, 4) is 0 Å². The van der Waals surface area contributed by atoms with Crippen LogP contribution >= 0.6 is 11.3 Å². The summed E-state index contributed by atoms with van der Waals surface area (Å²) in [6.45, 7) is 37.8. The van der Waals surface area contributed by atoms with Crippen molar-refractivity contribution in [2.45, 2.75) is 145 Å². The molecule has 0 bridgehead atoms. The Balaban J connectivity index is 0.000000199. The summed E-state index contributed by atoms with van der Waals surface area (Å²) in [6, 6.07) is 13.8. The second-order valence-corrected chi connectivity index (χ2v) is 18.5. The molecular weight excluding hydrogens is 745 g/mol. The van der Waals surface area contributed by atoms with Gasteiger partial charge in [0.15, 0.2) is 5.76 Å². The Hall–Kier alpha value is -2.93. The lowest BCUT2D eigenvalue weighted by Crippen LogP contribution is -2.35. The first-order valence-corrected chi connectivity index (χ1v) is 22.8. The van der Waals surface area contributed by atoms with Crippen LogP contribution in [0.1, 0.15) is 156 Å². The molecule has 58 heavy (non-hydrogen) atoms. The quantitative estimate of drug-likeness (QED) is 0.162. The number of thiazole rings is 1. The molecule has 3 aliphatic rings. The first kappa shape index (κ1) is 49.4. The normalized spacial score (nSPS) is 16.6. The number of benzene rings is 1. The van der Waals surface area contributed by atoms with Gasteiger partial charge in [-0.1, -0.05) is 96.4 Å². The van der Waals surface area contributed by atoms with Gasteiger partial charge in [-0.25, -0.2) is 4.98 Å². The molecule has 326 valence electrons. The van der Waals surface area contributed by atoms with Crippen LogP contribution in [0.25, 0.3) is 0 Å². The molecule has 0 spiro atoms. The van der Waals surface area contributed by atoms with E-state index in [4.69, 9.17) is 18.5 Å². The van der Waals surface area contributed by atoms with E-state index in [1.165, 1.54) is 53.4 Å². The second-order valence-electron chi connectivity index (χ2n) is 17.2. The van der Waals surface area contributed by atoms with Crippen molar-refractivity contribution in [1.29, 1.82) is 0 Å². The first-order valence-electron chi connectivity index (χ1n) is 22.0. The van der Waals surface area contributed by atoms with Gasteiger partial charge in [-0.05, 0) is 88.4 Å². The summed E-state index contributed by atoms with van der Waals surface area (Å²) in [4.78, 5) is 12.9. The summed E-state index contributed by atoms with van der Waals surface area (Å²) in [5.41, 5.74) is 4.91. The van der Waals surface area contributed by atoms with E-state index in [0.29, 0.717) is 23.7 Å². The number of likely N-dealkylation sites (tertiary alicyclic amines) is 1. The predicted octanol–water partition coefficient (Wildman–Crippen LogP) is 10.8. The number of nitrogens with zero attached hydrogens (tertiary/aromatic N) is 6. The van der Waals surface area contributed by atoms with E-state index in [9.17, 15) is 0 Å². The number of piperidine rings is 1. The minimum Gasteiger partial charge on any atom is -0.379 e. The maximum absolute atomic E-state index is 5.35. The van der Waals surface area contributed by atoms with E-state index >= 15 is 0 Å². The summed E-state index contributed by atoms with van der Waals surface area (Å²) < 4.78 is 20.8. The van der Waals surface area contributed by atoms with Crippen molar-refractivity contribution in [3.05, 3.63) is 86.5 Å². The monoisotopic (exact) mass is 823 g/mol. The average molecular weight is 823 g/mol. The van der Waals surface area contributed by atoms with E-state index in [1.807, 2.05) is 26.1 Å². The second kappa shape index (κ2) is 27.0. The number of rotatable bonds is 9. The highest BCUT2D eigenvalue weighted by Crippen LogP contribution is 2.21. The number of morpholine rings is 2. The maximum Gasteiger partial charge on any atom is 0.150 e. The fourth-order valence-electron chi connectivity index (χ4n) is 6.42. The van der Waals surface area contributed by atoms with Crippen LogP contribution in [0.4, 0.5) is 0 Å². The molecule has 10 nitrogen and oxygen atoms in total. The van der Waals surface area contributed by atoms with Gasteiger partial charge in [-0.3, -0.25) is 9.80 Å². The van der Waals surface area contributed by atoms with Crippen molar-refractivity contribution in [1.82, 2.24) is 30.0 Å². The van der Waals surface area contributed by atoms with Crippen molar-refractivity contribution < 1.29 is 18.5 Å². The van der Waals surface area contributed by atoms with Crippen LogP contribution in [0, 0.1) is 13.8 Å². The molecule has 0 saturated carbocycles. The van der Waals surface area contributed by atoms with Crippen LogP contribution in [0.2, 0.25) is 0 Å². The third-order valence-electron chi connectivity index (χ3n) is 10.4. The zero-order valence-corrected chi connectivity index (χ0v) is 39.1. The minimum absolute atomic E-state index is 0.437. The predicted molar refractivity (Wildman–Crippen MR) is 240 cm³/mol. The van der Waals surface area contributed by atoms with Gasteiger partial charge in [0.2, 0.25) is 0 Å². The molecule has 0 N–H and O–H groups in total. The molecule has 0 radical (unpaired) electrons. The molecule has 1 aromatic carbocycles. The Labute approximate surface area is 356 Å². The standard InChI is InChI=1S/C14H21NO.C11H18N2O2.C8H17N.C7H11NO.C7H11NS/c1-12(2)14-5-3-13(4-6-14)11-15-7-9-16-10-8-15;1-9(2)11-7-10(15-12-11)8-13-3-5-14-6-4-13;1-8(2)9-6-4-3-5-7-9;1-5(2)7-4-6(3)9-8-7;1-5(2)7-4-8-6(3)9-7/h3-6,12H,7-11H2,1-2H3;7,9H,3-6,8H2,1-2H3;8H,3-7H2,1-2H3;2*4-5H,1-3H3. The van der Waals surface area contributed by atoms with Crippen LogP contribution in [0.5, 0.6) is 0 Å². The van der Waals surface area contributed by atoms with Crippen LogP contribution in [0.3, 0.4) is 0 Å². The highest BCUT2D eigenvalue weighted by Gasteiger charge is 2.15. The summed E-state index contributed by atoms with van der Waals surface area (Å²) in [5.74, 6) is 4.02. The van der Waals surface area contributed by atoms with E-state index in [-0.39, 0.29) is 0 Å². The van der Waals surface area contributed by atoms with Gasteiger partial charge in [0.05, 0.1) is 49.4 Å². The topological polar surface area (TPSA) is 93.1 Å². The number of aryl methyl sites for hydroxylation is 2.